The second-order valence-electron chi connectivity index (χ2n) is 4.04. The fraction of sp³-hybridized carbons (Fsp3) is 0.667. The van der Waals surface area contributed by atoms with Gasteiger partial charge in [0.1, 0.15) is 9.53 Å². The first-order valence-corrected chi connectivity index (χ1v) is 5.74. The monoisotopic (exact) mass is 289 g/mol. The van der Waals surface area contributed by atoms with Gasteiger partial charge in [-0.3, -0.25) is 0 Å². The van der Waals surface area contributed by atoms with Gasteiger partial charge in [-0.25, -0.2) is 4.98 Å². The van der Waals surface area contributed by atoms with E-state index in [1.165, 1.54) is 18.9 Å². The van der Waals surface area contributed by atoms with E-state index in [2.05, 4.69) is 50.7 Å². The summed E-state index contributed by atoms with van der Waals surface area (Å²) in [6.07, 6.45) is 2.11. The highest BCUT2D eigenvalue weighted by atomic mass is 127. The Morgan fingerprint density at radius 3 is 2.77 bits per heavy atom. The van der Waals surface area contributed by atoms with Crippen molar-refractivity contribution in [1.82, 2.24) is 14.9 Å². The van der Waals surface area contributed by atoms with Gasteiger partial charge in [0.25, 0.3) is 0 Å². The highest BCUT2D eigenvalue weighted by Crippen LogP contribution is 2.55. The van der Waals surface area contributed by atoms with Crippen LogP contribution < -0.4 is 5.32 Å². The number of rotatable bonds is 1. The molecule has 13 heavy (non-hydrogen) atoms. The van der Waals surface area contributed by atoms with E-state index in [0.29, 0.717) is 0 Å². The maximum absolute atomic E-state index is 4.58. The topological polar surface area (TPSA) is 29.9 Å². The third-order valence-corrected chi connectivity index (χ3v) is 3.79. The molecule has 4 heteroatoms. The van der Waals surface area contributed by atoms with Crippen LogP contribution in [0.15, 0.2) is 6.20 Å². The van der Waals surface area contributed by atoms with Gasteiger partial charge < -0.3 is 9.88 Å². The van der Waals surface area contributed by atoms with Crippen LogP contribution in [0.4, 0.5) is 0 Å². The summed E-state index contributed by atoms with van der Waals surface area (Å²) in [7, 11) is 2.10. The van der Waals surface area contributed by atoms with Crippen LogP contribution in [0.3, 0.4) is 0 Å². The van der Waals surface area contributed by atoms with Crippen molar-refractivity contribution < 1.29 is 0 Å². The molecule has 0 radical (unpaired) electrons. The predicted octanol–water partition coefficient (Wildman–Crippen LogP) is 0.958. The van der Waals surface area contributed by atoms with E-state index in [1.807, 2.05) is 0 Å². The van der Waals surface area contributed by atoms with Crippen molar-refractivity contribution >= 4 is 22.6 Å². The summed E-state index contributed by atoms with van der Waals surface area (Å²) >= 11 is 2.28. The Balaban J connectivity index is 1.90. The number of hydrogen-bond donors (Lipinski definition) is 1. The summed E-state index contributed by atoms with van der Waals surface area (Å²) < 4.78 is 3.30. The van der Waals surface area contributed by atoms with Crippen molar-refractivity contribution in [2.45, 2.75) is 5.92 Å². The Morgan fingerprint density at radius 1 is 1.54 bits per heavy atom. The van der Waals surface area contributed by atoms with Gasteiger partial charge in [0.2, 0.25) is 0 Å². The molecule has 0 spiro atoms. The highest BCUT2D eigenvalue weighted by molar-refractivity contribution is 14.1. The fourth-order valence-electron chi connectivity index (χ4n) is 2.55. The van der Waals surface area contributed by atoms with Crippen LogP contribution in [0.5, 0.6) is 0 Å². The molecule has 2 aliphatic rings. The lowest BCUT2D eigenvalue weighted by molar-refractivity contribution is 0.642. The van der Waals surface area contributed by atoms with Crippen molar-refractivity contribution in [1.29, 1.82) is 0 Å². The molecule has 70 valence electrons. The lowest BCUT2D eigenvalue weighted by atomic mass is 10.2. The summed E-state index contributed by atoms with van der Waals surface area (Å²) in [5.41, 5.74) is 0. The largest absolute Gasteiger partial charge is 0.337 e. The molecule has 1 aliphatic heterocycles. The molecule has 1 saturated carbocycles. The summed E-state index contributed by atoms with van der Waals surface area (Å²) in [5.74, 6) is 3.78. The summed E-state index contributed by atoms with van der Waals surface area (Å²) in [6.45, 7) is 2.39. The number of aryl methyl sites for hydroxylation is 1. The fourth-order valence-corrected chi connectivity index (χ4v) is 3.22. The van der Waals surface area contributed by atoms with Crippen molar-refractivity contribution in [3.05, 3.63) is 15.7 Å². The average Bonchev–Trinajstić information content (AvgIpc) is 2.47. The maximum Gasteiger partial charge on any atom is 0.119 e. The van der Waals surface area contributed by atoms with Crippen molar-refractivity contribution in [3.8, 4) is 0 Å². The van der Waals surface area contributed by atoms with Crippen LogP contribution in [0.1, 0.15) is 11.7 Å². The van der Waals surface area contributed by atoms with Gasteiger partial charge in [-0.1, -0.05) is 0 Å². The number of halogens is 1. The number of fused-ring (bicyclic) bond motifs is 1. The number of piperidine rings is 1. The molecular weight excluding hydrogens is 277 g/mol. The molecule has 1 saturated heterocycles. The van der Waals surface area contributed by atoms with Gasteiger partial charge in [0, 0.05) is 19.2 Å². The Hall–Kier alpha value is -0.100. The molecule has 0 bridgehead atoms. The smallest absolute Gasteiger partial charge is 0.119 e. The zero-order valence-electron chi connectivity index (χ0n) is 7.50. The van der Waals surface area contributed by atoms with E-state index in [-0.39, 0.29) is 0 Å². The van der Waals surface area contributed by atoms with E-state index >= 15 is 0 Å². The van der Waals surface area contributed by atoms with Crippen LogP contribution in [0.2, 0.25) is 0 Å². The van der Waals surface area contributed by atoms with Crippen LogP contribution in [0.25, 0.3) is 0 Å². The minimum Gasteiger partial charge on any atom is -0.337 e. The first kappa shape index (κ1) is 8.23. The first-order valence-electron chi connectivity index (χ1n) is 4.67. The Kier molecular flexibility index (Phi) is 1.71. The number of aromatic nitrogens is 2. The third-order valence-electron chi connectivity index (χ3n) is 3.27. The second-order valence-corrected chi connectivity index (χ2v) is 5.15. The zero-order chi connectivity index (χ0) is 9.00. The number of nitrogens with one attached hydrogen (secondary N) is 1. The van der Waals surface area contributed by atoms with Crippen molar-refractivity contribution in [2.75, 3.05) is 13.1 Å². The quantitative estimate of drug-likeness (QED) is 0.780. The average molecular weight is 289 g/mol. The van der Waals surface area contributed by atoms with E-state index < -0.39 is 0 Å². The Bertz CT molecular complexity index is 337. The number of nitrogens with zero attached hydrogens (tertiary/aromatic N) is 2. The first-order chi connectivity index (χ1) is 6.27. The molecule has 2 fully saturated rings. The van der Waals surface area contributed by atoms with E-state index in [9.17, 15) is 0 Å². The molecule has 1 aliphatic carbocycles. The summed E-state index contributed by atoms with van der Waals surface area (Å²) in [6, 6.07) is 0. The van der Waals surface area contributed by atoms with E-state index in [1.54, 1.807) is 0 Å². The number of imidazole rings is 1. The summed E-state index contributed by atoms with van der Waals surface area (Å²) in [5, 5.41) is 3.41. The molecule has 0 aromatic carbocycles. The van der Waals surface area contributed by atoms with Crippen molar-refractivity contribution in [2.24, 2.45) is 18.9 Å². The van der Waals surface area contributed by atoms with E-state index in [0.717, 1.165) is 21.5 Å². The van der Waals surface area contributed by atoms with Gasteiger partial charge in [0.15, 0.2) is 0 Å². The Morgan fingerprint density at radius 2 is 2.23 bits per heavy atom. The van der Waals surface area contributed by atoms with Gasteiger partial charge >= 0.3 is 0 Å². The van der Waals surface area contributed by atoms with Crippen molar-refractivity contribution in [3.63, 3.8) is 0 Å². The molecule has 1 aromatic heterocycles. The van der Waals surface area contributed by atoms with Crippen LogP contribution in [-0.4, -0.2) is 22.6 Å². The van der Waals surface area contributed by atoms with E-state index in [4.69, 9.17) is 0 Å². The number of hydrogen-bond acceptors (Lipinski definition) is 2. The van der Waals surface area contributed by atoms with Gasteiger partial charge in [-0.2, -0.15) is 0 Å². The van der Waals surface area contributed by atoms with Gasteiger partial charge in [-0.05, 0) is 47.5 Å². The third kappa shape index (κ3) is 1.15. The SMILES string of the molecule is Cn1cc(I)nc1C1[C@H]2CNC[C@@H]12. The standard InChI is InChI=1S/C9H12IN3/c1-13-4-7(10)12-9(13)8-5-2-11-3-6(5)8/h4-6,8,11H,2-3H2,1H3/t5-,6+,8?. The molecular formula is C9H12IN3. The highest BCUT2D eigenvalue weighted by Gasteiger charge is 2.55. The zero-order valence-corrected chi connectivity index (χ0v) is 9.65. The van der Waals surface area contributed by atoms with Gasteiger partial charge in [0.05, 0.1) is 0 Å². The second kappa shape index (κ2) is 2.70. The minimum atomic E-state index is 0.745. The molecule has 1 unspecified atom stereocenters. The minimum absolute atomic E-state index is 0.745. The molecule has 1 N–H and O–H groups in total. The van der Waals surface area contributed by atoms with Crippen LogP contribution in [0, 0.1) is 15.5 Å². The molecule has 1 aromatic rings. The lowest BCUT2D eigenvalue weighted by Gasteiger charge is -2.03. The van der Waals surface area contributed by atoms with Crippen LogP contribution in [-0.2, 0) is 7.05 Å². The Labute approximate surface area is 91.1 Å². The maximum atomic E-state index is 4.58. The summed E-state index contributed by atoms with van der Waals surface area (Å²) in [4.78, 5) is 4.58. The van der Waals surface area contributed by atoms with Crippen LogP contribution >= 0.6 is 22.6 Å². The molecule has 3 rings (SSSR count). The molecule has 2 heterocycles. The molecule has 0 amide bonds. The van der Waals surface area contributed by atoms with Gasteiger partial charge in [-0.15, -0.1) is 0 Å². The molecule has 3 nitrogen and oxygen atoms in total. The lowest BCUT2D eigenvalue weighted by Crippen LogP contribution is -2.15. The predicted molar refractivity (Wildman–Crippen MR) is 58.5 cm³/mol. The molecule has 3 atom stereocenters. The normalized spacial score (nSPS) is 36.3.